The Balaban J connectivity index is 1.89. The third kappa shape index (κ3) is 4.12. The summed E-state index contributed by atoms with van der Waals surface area (Å²) in [6.45, 7) is 2.59. The van der Waals surface area contributed by atoms with E-state index in [0.29, 0.717) is 11.4 Å². The van der Waals surface area contributed by atoms with Crippen LogP contribution in [-0.2, 0) is 13.0 Å². The second-order valence-electron chi connectivity index (χ2n) is 6.05. The van der Waals surface area contributed by atoms with Crippen molar-refractivity contribution in [2.24, 2.45) is 5.73 Å². The number of unbranched alkanes of at least 4 members (excludes halogenated alkanes) is 1. The molecule has 132 valence electrons. The molecule has 7 nitrogen and oxygen atoms in total. The summed E-state index contributed by atoms with van der Waals surface area (Å²) < 4.78 is 0. The molecule has 3 rings (SSSR count). The van der Waals surface area contributed by atoms with Gasteiger partial charge >= 0.3 is 0 Å². The maximum Gasteiger partial charge on any atom is 0.248 e. The highest BCUT2D eigenvalue weighted by Gasteiger charge is 2.18. The van der Waals surface area contributed by atoms with Crippen LogP contribution in [-0.4, -0.2) is 40.7 Å². The molecule has 0 saturated carbocycles. The second kappa shape index (κ2) is 8.04. The number of benzene rings is 1. The molecule has 0 spiro atoms. The van der Waals surface area contributed by atoms with Crippen LogP contribution in [0.15, 0.2) is 24.3 Å². The van der Waals surface area contributed by atoms with Gasteiger partial charge in [0.15, 0.2) is 5.82 Å². The van der Waals surface area contributed by atoms with Crippen LogP contribution < -0.4 is 16.4 Å². The highest BCUT2D eigenvalue weighted by molar-refractivity contribution is 5.93. The van der Waals surface area contributed by atoms with E-state index in [1.165, 1.54) is 0 Å². The molecule has 1 aromatic carbocycles. The summed E-state index contributed by atoms with van der Waals surface area (Å²) in [4.78, 5) is 20.6. The molecular weight excluding hydrogens is 318 g/mol. The van der Waals surface area contributed by atoms with Crippen LogP contribution in [0.5, 0.6) is 0 Å². The fourth-order valence-corrected chi connectivity index (χ4v) is 2.86. The van der Waals surface area contributed by atoms with Gasteiger partial charge in [-0.1, -0.05) is 12.1 Å². The van der Waals surface area contributed by atoms with E-state index in [9.17, 15) is 4.79 Å². The van der Waals surface area contributed by atoms with E-state index in [0.717, 1.165) is 61.5 Å². The number of anilines is 1. The van der Waals surface area contributed by atoms with Gasteiger partial charge in [-0.3, -0.25) is 4.79 Å². The number of primary amides is 1. The van der Waals surface area contributed by atoms with Crippen molar-refractivity contribution in [1.29, 1.82) is 0 Å². The van der Waals surface area contributed by atoms with Crippen molar-refractivity contribution in [3.63, 3.8) is 0 Å². The number of nitrogens with one attached hydrogen (secondary N) is 2. The average Bonchev–Trinajstić information content (AvgIpc) is 2.65. The molecule has 0 saturated heterocycles. The maximum absolute atomic E-state index is 11.2. The summed E-state index contributed by atoms with van der Waals surface area (Å²) in [5, 5.41) is 15.6. The number of aliphatic hydroxyl groups is 1. The first-order chi connectivity index (χ1) is 12.2. The third-order valence-corrected chi connectivity index (χ3v) is 4.24. The minimum atomic E-state index is -0.451. The quantitative estimate of drug-likeness (QED) is 0.560. The van der Waals surface area contributed by atoms with Crippen molar-refractivity contribution in [1.82, 2.24) is 15.3 Å². The number of aliphatic hydroxyl groups excluding tert-OH is 1. The minimum Gasteiger partial charge on any atom is -0.396 e. The van der Waals surface area contributed by atoms with Crippen LogP contribution in [0.2, 0.25) is 0 Å². The maximum atomic E-state index is 11.2. The highest BCUT2D eigenvalue weighted by atomic mass is 16.2. The van der Waals surface area contributed by atoms with Gasteiger partial charge in [0.25, 0.3) is 0 Å². The van der Waals surface area contributed by atoms with E-state index in [1.807, 2.05) is 12.1 Å². The number of nitrogens with two attached hydrogens (primary N) is 1. The lowest BCUT2D eigenvalue weighted by Gasteiger charge is -2.20. The summed E-state index contributed by atoms with van der Waals surface area (Å²) in [7, 11) is 0. The largest absolute Gasteiger partial charge is 0.396 e. The van der Waals surface area contributed by atoms with Crippen molar-refractivity contribution in [2.75, 3.05) is 25.0 Å². The molecule has 7 heteroatoms. The summed E-state index contributed by atoms with van der Waals surface area (Å²) in [6, 6.07) is 7.00. The standard InChI is InChI=1S/C18H23N5O2/c19-16(25)12-3-5-13(6-4-12)17-22-15-11-20-9-7-14(15)18(23-17)21-8-1-2-10-24/h3-6,20,24H,1-2,7-11H2,(H2,19,25)(H,21,22,23). The molecule has 1 aromatic heterocycles. The van der Waals surface area contributed by atoms with Gasteiger partial charge in [-0.2, -0.15) is 0 Å². The Morgan fingerprint density at radius 2 is 2.04 bits per heavy atom. The predicted molar refractivity (Wildman–Crippen MR) is 96.2 cm³/mol. The van der Waals surface area contributed by atoms with E-state index >= 15 is 0 Å². The van der Waals surface area contributed by atoms with Gasteiger partial charge in [-0.05, 0) is 37.9 Å². The van der Waals surface area contributed by atoms with Crippen LogP contribution in [0.1, 0.15) is 34.5 Å². The SMILES string of the molecule is NC(=O)c1ccc(-c2nc3c(c(NCCCCO)n2)CCNC3)cc1. The van der Waals surface area contributed by atoms with Crippen LogP contribution in [0.25, 0.3) is 11.4 Å². The molecule has 5 N–H and O–H groups in total. The van der Waals surface area contributed by atoms with Gasteiger partial charge in [-0.25, -0.2) is 9.97 Å². The average molecular weight is 341 g/mol. The molecule has 0 radical (unpaired) electrons. The Morgan fingerprint density at radius 1 is 1.24 bits per heavy atom. The molecule has 0 aliphatic carbocycles. The number of hydrogen-bond acceptors (Lipinski definition) is 6. The molecule has 1 aliphatic heterocycles. The van der Waals surface area contributed by atoms with Gasteiger partial charge in [0.2, 0.25) is 5.91 Å². The van der Waals surface area contributed by atoms with E-state index in [2.05, 4.69) is 10.6 Å². The molecule has 25 heavy (non-hydrogen) atoms. The van der Waals surface area contributed by atoms with Crippen molar-refractivity contribution in [3.05, 3.63) is 41.1 Å². The fourth-order valence-electron chi connectivity index (χ4n) is 2.86. The summed E-state index contributed by atoms with van der Waals surface area (Å²) in [5.41, 5.74) is 8.75. The van der Waals surface area contributed by atoms with Crippen molar-refractivity contribution >= 4 is 11.7 Å². The molecule has 2 aromatic rings. The normalized spacial score (nSPS) is 13.3. The Kier molecular flexibility index (Phi) is 5.57. The summed E-state index contributed by atoms with van der Waals surface area (Å²) >= 11 is 0. The first kappa shape index (κ1) is 17.3. The molecule has 0 atom stereocenters. The van der Waals surface area contributed by atoms with Crippen molar-refractivity contribution in [2.45, 2.75) is 25.8 Å². The lowest BCUT2D eigenvalue weighted by atomic mass is 10.1. The molecule has 1 aliphatic rings. The van der Waals surface area contributed by atoms with Gasteiger partial charge in [0, 0.05) is 36.4 Å². The van der Waals surface area contributed by atoms with Crippen LogP contribution >= 0.6 is 0 Å². The fraction of sp³-hybridized carbons (Fsp3) is 0.389. The number of aromatic nitrogens is 2. The molecule has 0 fully saturated rings. The van der Waals surface area contributed by atoms with E-state index in [1.54, 1.807) is 12.1 Å². The van der Waals surface area contributed by atoms with Gasteiger partial charge in [-0.15, -0.1) is 0 Å². The van der Waals surface area contributed by atoms with Crippen molar-refractivity contribution < 1.29 is 9.90 Å². The summed E-state index contributed by atoms with van der Waals surface area (Å²) in [6.07, 6.45) is 2.54. The van der Waals surface area contributed by atoms with Crippen LogP contribution in [0, 0.1) is 0 Å². The topological polar surface area (TPSA) is 113 Å². The summed E-state index contributed by atoms with van der Waals surface area (Å²) in [5.74, 6) is 1.04. The minimum absolute atomic E-state index is 0.199. The number of amides is 1. The number of carbonyl (C=O) groups excluding carboxylic acids is 1. The molecule has 1 amide bonds. The first-order valence-corrected chi connectivity index (χ1v) is 8.54. The van der Waals surface area contributed by atoms with E-state index in [4.69, 9.17) is 20.8 Å². The Labute approximate surface area is 146 Å². The smallest absolute Gasteiger partial charge is 0.248 e. The number of nitrogens with zero attached hydrogens (tertiary/aromatic N) is 2. The monoisotopic (exact) mass is 341 g/mol. The Morgan fingerprint density at radius 3 is 2.76 bits per heavy atom. The molecule has 2 heterocycles. The Bertz CT molecular complexity index is 746. The lowest BCUT2D eigenvalue weighted by molar-refractivity contribution is 0.100. The lowest BCUT2D eigenvalue weighted by Crippen LogP contribution is -2.26. The van der Waals surface area contributed by atoms with Crippen LogP contribution in [0.4, 0.5) is 5.82 Å². The van der Waals surface area contributed by atoms with Crippen molar-refractivity contribution in [3.8, 4) is 11.4 Å². The zero-order chi connectivity index (χ0) is 17.6. The van der Waals surface area contributed by atoms with E-state index in [-0.39, 0.29) is 6.61 Å². The first-order valence-electron chi connectivity index (χ1n) is 8.54. The number of carbonyl (C=O) groups is 1. The highest BCUT2D eigenvalue weighted by Crippen LogP contribution is 2.25. The number of hydrogen-bond donors (Lipinski definition) is 4. The van der Waals surface area contributed by atoms with Gasteiger partial charge in [0.05, 0.1) is 5.69 Å². The zero-order valence-corrected chi connectivity index (χ0v) is 14.1. The van der Waals surface area contributed by atoms with E-state index < -0.39 is 5.91 Å². The second-order valence-corrected chi connectivity index (χ2v) is 6.05. The zero-order valence-electron chi connectivity index (χ0n) is 14.1. The van der Waals surface area contributed by atoms with Crippen LogP contribution in [0.3, 0.4) is 0 Å². The number of rotatable bonds is 7. The third-order valence-electron chi connectivity index (χ3n) is 4.24. The van der Waals surface area contributed by atoms with Gasteiger partial charge < -0.3 is 21.5 Å². The molecule has 0 unspecified atom stereocenters. The molecular formula is C18H23N5O2. The van der Waals surface area contributed by atoms with Gasteiger partial charge in [0.1, 0.15) is 5.82 Å². The Hall–Kier alpha value is -2.51. The molecule has 0 bridgehead atoms. The predicted octanol–water partition coefficient (Wildman–Crippen LogP) is 1.07. The number of fused-ring (bicyclic) bond motifs is 1.